The molecule has 0 N–H and O–H groups in total. The van der Waals surface area contributed by atoms with Crippen LogP contribution in [0.4, 0.5) is 0 Å². The number of rotatable bonds is 2. The van der Waals surface area contributed by atoms with Crippen LogP contribution in [0.3, 0.4) is 0 Å². The molecule has 0 fully saturated rings. The summed E-state index contributed by atoms with van der Waals surface area (Å²) in [7, 11) is 1.92. The normalized spacial score (nSPS) is 10.9. The molecule has 0 unspecified atom stereocenters. The van der Waals surface area contributed by atoms with Gasteiger partial charge in [0.05, 0.1) is 5.69 Å². The van der Waals surface area contributed by atoms with Crippen molar-refractivity contribution in [2.45, 2.75) is 19.8 Å². The molecule has 0 saturated carbocycles. The van der Waals surface area contributed by atoms with Crippen molar-refractivity contribution in [2.75, 3.05) is 0 Å². The third-order valence-corrected chi connectivity index (χ3v) is 2.44. The van der Waals surface area contributed by atoms with Crippen LogP contribution in [0.5, 0.6) is 0 Å². The van der Waals surface area contributed by atoms with Gasteiger partial charge in [-0.1, -0.05) is 13.8 Å². The van der Waals surface area contributed by atoms with E-state index in [-0.39, 0.29) is 0 Å². The van der Waals surface area contributed by atoms with Crippen LogP contribution in [0.25, 0.3) is 11.3 Å². The van der Waals surface area contributed by atoms with E-state index in [0.717, 1.165) is 11.3 Å². The maximum atomic E-state index is 4.36. The monoisotopic (exact) mass is 201 g/mol. The molecule has 0 amide bonds. The second-order valence-electron chi connectivity index (χ2n) is 4.04. The predicted octanol–water partition coefficient (Wildman–Crippen LogP) is 2.61. The highest BCUT2D eigenvalue weighted by molar-refractivity contribution is 5.58. The van der Waals surface area contributed by atoms with Crippen LogP contribution < -0.4 is 0 Å². The van der Waals surface area contributed by atoms with E-state index >= 15 is 0 Å². The first-order valence-corrected chi connectivity index (χ1v) is 5.12. The van der Waals surface area contributed by atoms with E-state index < -0.39 is 0 Å². The van der Waals surface area contributed by atoms with E-state index in [1.165, 1.54) is 5.56 Å². The van der Waals surface area contributed by atoms with Gasteiger partial charge in [-0.3, -0.25) is 9.67 Å². The summed E-state index contributed by atoms with van der Waals surface area (Å²) >= 11 is 0. The van der Waals surface area contributed by atoms with Gasteiger partial charge in [0.2, 0.25) is 0 Å². The smallest absolute Gasteiger partial charge is 0.0938 e. The van der Waals surface area contributed by atoms with Gasteiger partial charge in [0.1, 0.15) is 0 Å². The molecule has 0 radical (unpaired) electrons. The molecule has 2 aromatic rings. The van der Waals surface area contributed by atoms with Crippen molar-refractivity contribution in [2.24, 2.45) is 7.05 Å². The minimum Gasteiger partial charge on any atom is -0.275 e. The van der Waals surface area contributed by atoms with Gasteiger partial charge in [-0.25, -0.2) is 0 Å². The molecule has 3 nitrogen and oxygen atoms in total. The molecule has 78 valence electrons. The Balaban J connectivity index is 2.41. The molecule has 0 atom stereocenters. The van der Waals surface area contributed by atoms with E-state index in [0.29, 0.717) is 5.92 Å². The SMILES string of the molecule is CC(C)c1cncc(-c2ccn(C)n2)c1. The second kappa shape index (κ2) is 3.85. The molecule has 0 spiro atoms. The van der Waals surface area contributed by atoms with Crippen molar-refractivity contribution in [3.05, 3.63) is 36.3 Å². The molecule has 3 heteroatoms. The molecule has 0 aliphatic carbocycles. The van der Waals surface area contributed by atoms with E-state index in [4.69, 9.17) is 0 Å². The zero-order valence-electron chi connectivity index (χ0n) is 9.31. The Kier molecular flexibility index (Phi) is 2.54. The fraction of sp³-hybridized carbons (Fsp3) is 0.333. The molecular formula is C12H15N3. The topological polar surface area (TPSA) is 30.7 Å². The quantitative estimate of drug-likeness (QED) is 0.747. The fourth-order valence-electron chi connectivity index (χ4n) is 1.48. The van der Waals surface area contributed by atoms with E-state index in [2.05, 4.69) is 30.0 Å². The molecule has 2 heterocycles. The number of pyridine rings is 1. The molecule has 0 bridgehead atoms. The van der Waals surface area contributed by atoms with Crippen molar-refractivity contribution in [1.29, 1.82) is 0 Å². The lowest BCUT2D eigenvalue weighted by atomic mass is 10.0. The summed E-state index contributed by atoms with van der Waals surface area (Å²) in [4.78, 5) is 4.24. The molecule has 15 heavy (non-hydrogen) atoms. The Hall–Kier alpha value is -1.64. The summed E-state index contributed by atoms with van der Waals surface area (Å²) in [5.74, 6) is 0.501. The van der Waals surface area contributed by atoms with Gasteiger partial charge in [-0.15, -0.1) is 0 Å². The summed E-state index contributed by atoms with van der Waals surface area (Å²) in [6.07, 6.45) is 5.71. The predicted molar refractivity (Wildman–Crippen MR) is 60.5 cm³/mol. The zero-order valence-corrected chi connectivity index (χ0v) is 9.31. The molecular weight excluding hydrogens is 186 g/mol. The zero-order chi connectivity index (χ0) is 10.8. The fourth-order valence-corrected chi connectivity index (χ4v) is 1.48. The highest BCUT2D eigenvalue weighted by Crippen LogP contribution is 2.20. The van der Waals surface area contributed by atoms with Gasteiger partial charge in [-0.05, 0) is 23.6 Å². The minimum absolute atomic E-state index is 0.501. The van der Waals surface area contributed by atoms with Crippen LogP contribution in [-0.2, 0) is 7.05 Å². The van der Waals surface area contributed by atoms with Crippen molar-refractivity contribution in [3.8, 4) is 11.3 Å². The maximum absolute atomic E-state index is 4.36. The van der Waals surface area contributed by atoms with Crippen molar-refractivity contribution >= 4 is 0 Å². The number of aromatic nitrogens is 3. The first-order chi connectivity index (χ1) is 7.16. The minimum atomic E-state index is 0.501. The van der Waals surface area contributed by atoms with Crippen LogP contribution in [-0.4, -0.2) is 14.8 Å². The maximum Gasteiger partial charge on any atom is 0.0938 e. The van der Waals surface area contributed by atoms with Gasteiger partial charge >= 0.3 is 0 Å². The standard InChI is InChI=1S/C12H15N3/c1-9(2)10-6-11(8-13-7-10)12-4-5-15(3)14-12/h4-9H,1-3H3. The van der Waals surface area contributed by atoms with Crippen molar-refractivity contribution in [1.82, 2.24) is 14.8 Å². The van der Waals surface area contributed by atoms with Crippen molar-refractivity contribution in [3.63, 3.8) is 0 Å². The lowest BCUT2D eigenvalue weighted by Gasteiger charge is -2.05. The second-order valence-corrected chi connectivity index (χ2v) is 4.04. The van der Waals surface area contributed by atoms with Gasteiger partial charge in [0.25, 0.3) is 0 Å². The Labute approximate surface area is 89.8 Å². The number of hydrogen-bond donors (Lipinski definition) is 0. The number of hydrogen-bond acceptors (Lipinski definition) is 2. The first-order valence-electron chi connectivity index (χ1n) is 5.12. The largest absolute Gasteiger partial charge is 0.275 e. The number of nitrogens with zero attached hydrogens (tertiary/aromatic N) is 3. The summed E-state index contributed by atoms with van der Waals surface area (Å²) in [5, 5.41) is 4.36. The third kappa shape index (κ3) is 2.06. The van der Waals surface area contributed by atoms with Crippen LogP contribution in [0.2, 0.25) is 0 Å². The summed E-state index contributed by atoms with van der Waals surface area (Å²) < 4.78 is 1.80. The molecule has 0 aliphatic heterocycles. The first kappa shape index (κ1) is 9.90. The summed E-state index contributed by atoms with van der Waals surface area (Å²) in [6, 6.07) is 4.15. The average molecular weight is 201 g/mol. The Morgan fingerprint density at radius 2 is 2.07 bits per heavy atom. The van der Waals surface area contributed by atoms with Crippen LogP contribution in [0, 0.1) is 0 Å². The van der Waals surface area contributed by atoms with Crippen LogP contribution in [0.15, 0.2) is 30.7 Å². The molecule has 0 aliphatic rings. The molecule has 0 aromatic carbocycles. The molecule has 2 aromatic heterocycles. The van der Waals surface area contributed by atoms with Gasteiger partial charge in [0.15, 0.2) is 0 Å². The van der Waals surface area contributed by atoms with Crippen LogP contribution >= 0.6 is 0 Å². The third-order valence-electron chi connectivity index (χ3n) is 2.44. The molecule has 0 saturated heterocycles. The van der Waals surface area contributed by atoms with E-state index in [9.17, 15) is 0 Å². The summed E-state index contributed by atoms with van der Waals surface area (Å²) in [5.41, 5.74) is 3.31. The highest BCUT2D eigenvalue weighted by atomic mass is 15.2. The van der Waals surface area contributed by atoms with Gasteiger partial charge in [-0.2, -0.15) is 5.10 Å². The van der Waals surface area contributed by atoms with Gasteiger partial charge < -0.3 is 0 Å². The lowest BCUT2D eigenvalue weighted by molar-refractivity contribution is 0.770. The highest BCUT2D eigenvalue weighted by Gasteiger charge is 2.04. The Morgan fingerprint density at radius 3 is 2.67 bits per heavy atom. The van der Waals surface area contributed by atoms with E-state index in [1.54, 1.807) is 4.68 Å². The van der Waals surface area contributed by atoms with E-state index in [1.807, 2.05) is 31.7 Å². The number of aryl methyl sites for hydroxylation is 1. The summed E-state index contributed by atoms with van der Waals surface area (Å²) in [6.45, 7) is 4.33. The Bertz CT molecular complexity index is 457. The average Bonchev–Trinajstić information content (AvgIpc) is 2.65. The lowest BCUT2D eigenvalue weighted by Crippen LogP contribution is -1.92. The van der Waals surface area contributed by atoms with Crippen molar-refractivity contribution < 1.29 is 0 Å². The Morgan fingerprint density at radius 1 is 1.27 bits per heavy atom. The molecule has 2 rings (SSSR count). The van der Waals surface area contributed by atoms with Gasteiger partial charge in [0, 0.05) is 31.2 Å². The van der Waals surface area contributed by atoms with Crippen LogP contribution in [0.1, 0.15) is 25.3 Å².